The Morgan fingerprint density at radius 1 is 0.957 bits per heavy atom. The Bertz CT molecular complexity index is 737. The maximum atomic E-state index is 11.8. The molecule has 2 rings (SSSR count). The van der Waals surface area contributed by atoms with Crippen LogP contribution in [0.2, 0.25) is 5.02 Å². The third-order valence-corrected chi connectivity index (χ3v) is 3.35. The maximum absolute atomic E-state index is 11.8. The van der Waals surface area contributed by atoms with Crippen LogP contribution in [0, 0.1) is 6.92 Å². The molecule has 0 spiro atoms. The first-order chi connectivity index (χ1) is 11.0. The molecular weight excluding hydrogens is 314 g/mol. The van der Waals surface area contributed by atoms with Crippen LogP contribution in [0.5, 0.6) is 0 Å². The van der Waals surface area contributed by atoms with E-state index >= 15 is 0 Å². The van der Waals surface area contributed by atoms with Crippen LogP contribution in [-0.4, -0.2) is 17.5 Å². The molecule has 0 bridgehead atoms. The number of hydrogen-bond donors (Lipinski definition) is 2. The van der Waals surface area contributed by atoms with Crippen molar-refractivity contribution in [2.24, 2.45) is 5.10 Å². The third kappa shape index (κ3) is 4.93. The smallest absolute Gasteiger partial charge is 0.318 e. The van der Waals surface area contributed by atoms with Crippen LogP contribution in [-0.2, 0) is 9.59 Å². The van der Waals surface area contributed by atoms with Crippen molar-refractivity contribution in [3.63, 3.8) is 0 Å². The molecule has 2 aromatic carbocycles. The summed E-state index contributed by atoms with van der Waals surface area (Å²) in [5.41, 5.74) is 5.33. The van der Waals surface area contributed by atoms with Crippen molar-refractivity contribution in [3.8, 4) is 0 Å². The highest BCUT2D eigenvalue weighted by atomic mass is 35.5. The Morgan fingerprint density at radius 2 is 1.57 bits per heavy atom. The highest BCUT2D eigenvalue weighted by Crippen LogP contribution is 2.13. The molecule has 0 aliphatic rings. The van der Waals surface area contributed by atoms with Crippen molar-refractivity contribution in [1.82, 2.24) is 5.43 Å². The lowest BCUT2D eigenvalue weighted by Gasteiger charge is -2.05. The molecule has 0 aromatic heterocycles. The van der Waals surface area contributed by atoms with Crippen LogP contribution < -0.4 is 10.7 Å². The van der Waals surface area contributed by atoms with Gasteiger partial charge in [0.25, 0.3) is 0 Å². The molecule has 0 atom stereocenters. The van der Waals surface area contributed by atoms with Crippen molar-refractivity contribution in [2.75, 3.05) is 5.32 Å². The zero-order valence-electron chi connectivity index (χ0n) is 12.8. The molecule has 118 valence electrons. The number of nitrogens with zero attached hydrogens (tertiary/aromatic N) is 1. The average Bonchev–Trinajstić information content (AvgIpc) is 2.55. The first-order valence-corrected chi connectivity index (χ1v) is 7.32. The number of amides is 2. The van der Waals surface area contributed by atoms with Gasteiger partial charge in [0, 0.05) is 10.7 Å². The minimum absolute atomic E-state index is 0.480. The SMILES string of the molecule is CC(=NNC(=O)C(=O)Nc1ccc(Cl)cc1)c1ccc(C)cc1. The normalized spacial score (nSPS) is 11.0. The summed E-state index contributed by atoms with van der Waals surface area (Å²) in [6.07, 6.45) is 0. The molecule has 0 radical (unpaired) electrons. The zero-order valence-corrected chi connectivity index (χ0v) is 13.5. The number of carbonyl (C=O) groups excluding carboxylic acids is 2. The molecule has 0 aliphatic carbocycles. The average molecular weight is 330 g/mol. The molecule has 0 aliphatic heterocycles. The molecule has 0 fully saturated rings. The highest BCUT2D eigenvalue weighted by Gasteiger charge is 2.13. The monoisotopic (exact) mass is 329 g/mol. The van der Waals surface area contributed by atoms with E-state index in [2.05, 4.69) is 15.8 Å². The van der Waals surface area contributed by atoms with Crippen molar-refractivity contribution in [3.05, 3.63) is 64.7 Å². The molecule has 0 saturated heterocycles. The number of rotatable bonds is 3. The summed E-state index contributed by atoms with van der Waals surface area (Å²) in [7, 11) is 0. The van der Waals surface area contributed by atoms with Crippen molar-refractivity contribution in [1.29, 1.82) is 0 Å². The maximum Gasteiger partial charge on any atom is 0.329 e. The van der Waals surface area contributed by atoms with Gasteiger partial charge in [0.1, 0.15) is 0 Å². The number of aryl methyl sites for hydroxylation is 1. The molecule has 5 nitrogen and oxygen atoms in total. The molecule has 6 heteroatoms. The van der Waals surface area contributed by atoms with Crippen LogP contribution in [0.1, 0.15) is 18.1 Å². The summed E-state index contributed by atoms with van der Waals surface area (Å²) >= 11 is 5.75. The molecule has 2 amide bonds. The molecular formula is C17H16ClN3O2. The summed E-state index contributed by atoms with van der Waals surface area (Å²) in [6.45, 7) is 3.74. The summed E-state index contributed by atoms with van der Waals surface area (Å²) in [4.78, 5) is 23.5. The summed E-state index contributed by atoms with van der Waals surface area (Å²) in [5.74, 6) is -1.64. The number of halogens is 1. The molecule has 2 aromatic rings. The summed E-state index contributed by atoms with van der Waals surface area (Å²) in [5, 5.41) is 6.94. The van der Waals surface area contributed by atoms with Gasteiger partial charge >= 0.3 is 11.8 Å². The Morgan fingerprint density at radius 3 is 2.17 bits per heavy atom. The highest BCUT2D eigenvalue weighted by molar-refractivity contribution is 6.39. The largest absolute Gasteiger partial charge is 0.329 e. The zero-order chi connectivity index (χ0) is 16.8. The van der Waals surface area contributed by atoms with Gasteiger partial charge in [-0.15, -0.1) is 0 Å². The van der Waals surface area contributed by atoms with Gasteiger partial charge in [0.2, 0.25) is 0 Å². The molecule has 0 heterocycles. The van der Waals surface area contributed by atoms with E-state index in [-0.39, 0.29) is 0 Å². The fourth-order valence-electron chi connectivity index (χ4n) is 1.77. The number of nitrogens with one attached hydrogen (secondary N) is 2. The Kier molecular flexibility index (Phi) is 5.49. The topological polar surface area (TPSA) is 70.6 Å². The van der Waals surface area contributed by atoms with Gasteiger partial charge in [-0.25, -0.2) is 5.43 Å². The predicted octanol–water partition coefficient (Wildman–Crippen LogP) is 3.13. The lowest BCUT2D eigenvalue weighted by Crippen LogP contribution is -2.32. The fourth-order valence-corrected chi connectivity index (χ4v) is 1.89. The standard InChI is InChI=1S/C17H16ClN3O2/c1-11-3-5-13(6-4-11)12(2)20-21-17(23)16(22)19-15-9-7-14(18)8-10-15/h3-10H,1-2H3,(H,19,22)(H,21,23). The van der Waals surface area contributed by atoms with E-state index in [9.17, 15) is 9.59 Å². The third-order valence-electron chi connectivity index (χ3n) is 3.10. The lowest BCUT2D eigenvalue weighted by molar-refractivity contribution is -0.136. The second-order valence-electron chi connectivity index (χ2n) is 4.97. The Labute approximate surface area is 139 Å². The van der Waals surface area contributed by atoms with Crippen LogP contribution in [0.4, 0.5) is 5.69 Å². The van der Waals surface area contributed by atoms with Crippen molar-refractivity contribution >= 4 is 34.8 Å². The Balaban J connectivity index is 1.95. The van der Waals surface area contributed by atoms with Crippen LogP contribution in [0.15, 0.2) is 53.6 Å². The van der Waals surface area contributed by atoms with E-state index in [1.54, 1.807) is 31.2 Å². The van der Waals surface area contributed by atoms with Gasteiger partial charge in [-0.3, -0.25) is 9.59 Å². The molecule has 0 unspecified atom stereocenters. The van der Waals surface area contributed by atoms with Gasteiger partial charge in [0.05, 0.1) is 5.71 Å². The van der Waals surface area contributed by atoms with Gasteiger partial charge in [0.15, 0.2) is 0 Å². The molecule has 2 N–H and O–H groups in total. The minimum atomic E-state index is -0.841. The van der Waals surface area contributed by atoms with E-state index in [1.165, 1.54) is 0 Å². The Hall–Kier alpha value is -2.66. The van der Waals surface area contributed by atoms with Gasteiger partial charge < -0.3 is 5.32 Å². The minimum Gasteiger partial charge on any atom is -0.318 e. The molecule has 0 saturated carbocycles. The van der Waals surface area contributed by atoms with Crippen molar-refractivity contribution in [2.45, 2.75) is 13.8 Å². The van der Waals surface area contributed by atoms with Crippen molar-refractivity contribution < 1.29 is 9.59 Å². The quantitative estimate of drug-likeness (QED) is 0.516. The van der Waals surface area contributed by atoms with Crippen LogP contribution in [0.3, 0.4) is 0 Å². The first-order valence-electron chi connectivity index (χ1n) is 6.94. The second-order valence-corrected chi connectivity index (χ2v) is 5.40. The van der Waals surface area contributed by atoms with Gasteiger partial charge in [-0.05, 0) is 43.7 Å². The number of benzene rings is 2. The van der Waals surface area contributed by atoms with Crippen LogP contribution >= 0.6 is 11.6 Å². The summed E-state index contributed by atoms with van der Waals surface area (Å²) in [6, 6.07) is 14.1. The van der Waals surface area contributed by atoms with E-state index in [0.717, 1.165) is 11.1 Å². The number of anilines is 1. The number of hydrazone groups is 1. The lowest BCUT2D eigenvalue weighted by atomic mass is 10.1. The van der Waals surface area contributed by atoms with Gasteiger partial charge in [-0.1, -0.05) is 41.4 Å². The second kappa shape index (κ2) is 7.56. The van der Waals surface area contributed by atoms with E-state index in [4.69, 9.17) is 11.6 Å². The van der Waals surface area contributed by atoms with E-state index in [0.29, 0.717) is 16.4 Å². The fraction of sp³-hybridized carbons (Fsp3) is 0.118. The van der Waals surface area contributed by atoms with Crippen LogP contribution in [0.25, 0.3) is 0 Å². The summed E-state index contributed by atoms with van der Waals surface area (Å²) < 4.78 is 0. The number of hydrogen-bond acceptors (Lipinski definition) is 3. The van der Waals surface area contributed by atoms with E-state index in [1.807, 2.05) is 31.2 Å². The molecule has 23 heavy (non-hydrogen) atoms. The number of carbonyl (C=O) groups is 2. The first kappa shape index (κ1) is 16.7. The van der Waals surface area contributed by atoms with Gasteiger partial charge in [-0.2, -0.15) is 5.10 Å². The predicted molar refractivity (Wildman–Crippen MR) is 91.6 cm³/mol. The van der Waals surface area contributed by atoms with E-state index < -0.39 is 11.8 Å².